The Morgan fingerprint density at radius 1 is 0.867 bits per heavy atom. The molecule has 0 saturated carbocycles. The SMILES string of the molecule is COc1ccc([C@@H](O)[C@H](c2ccccc2)c2ccccc2NC(=O)C(C)(C)C)cc1. The maximum Gasteiger partial charge on any atom is 0.229 e. The van der Waals surface area contributed by atoms with Gasteiger partial charge in [0.05, 0.1) is 13.2 Å². The fraction of sp³-hybridized carbons (Fsp3) is 0.269. The zero-order valence-corrected chi connectivity index (χ0v) is 17.9. The maximum atomic E-state index is 12.7. The summed E-state index contributed by atoms with van der Waals surface area (Å²) >= 11 is 0. The van der Waals surface area contributed by atoms with Crippen LogP contribution in [0, 0.1) is 5.41 Å². The van der Waals surface area contributed by atoms with E-state index in [4.69, 9.17) is 4.74 Å². The molecule has 0 heterocycles. The first kappa shape index (κ1) is 21.6. The highest BCUT2D eigenvalue weighted by atomic mass is 16.5. The molecule has 0 aromatic heterocycles. The van der Waals surface area contributed by atoms with Crippen LogP contribution in [0.15, 0.2) is 78.9 Å². The van der Waals surface area contributed by atoms with Gasteiger partial charge in [-0.25, -0.2) is 0 Å². The number of nitrogens with one attached hydrogen (secondary N) is 1. The molecule has 0 unspecified atom stereocenters. The van der Waals surface area contributed by atoms with Crippen molar-refractivity contribution in [3.63, 3.8) is 0 Å². The van der Waals surface area contributed by atoms with Crippen molar-refractivity contribution < 1.29 is 14.6 Å². The number of aliphatic hydroxyl groups excluding tert-OH is 1. The van der Waals surface area contributed by atoms with E-state index in [1.807, 2.05) is 99.6 Å². The average Bonchev–Trinajstić information content (AvgIpc) is 2.75. The molecule has 2 atom stereocenters. The molecule has 3 aromatic carbocycles. The van der Waals surface area contributed by atoms with Gasteiger partial charge < -0.3 is 15.2 Å². The summed E-state index contributed by atoms with van der Waals surface area (Å²) in [5.41, 5.74) is 2.80. The predicted molar refractivity (Wildman–Crippen MR) is 121 cm³/mol. The van der Waals surface area contributed by atoms with Gasteiger partial charge in [-0.15, -0.1) is 0 Å². The lowest BCUT2D eigenvalue weighted by Crippen LogP contribution is -2.28. The summed E-state index contributed by atoms with van der Waals surface area (Å²) in [5, 5.41) is 14.5. The second kappa shape index (κ2) is 9.14. The topological polar surface area (TPSA) is 58.6 Å². The molecule has 1 amide bonds. The highest BCUT2D eigenvalue weighted by molar-refractivity contribution is 5.95. The van der Waals surface area contributed by atoms with Crippen molar-refractivity contribution in [1.29, 1.82) is 0 Å². The van der Waals surface area contributed by atoms with Crippen molar-refractivity contribution in [2.45, 2.75) is 32.8 Å². The minimum absolute atomic E-state index is 0.0688. The fourth-order valence-corrected chi connectivity index (χ4v) is 3.38. The van der Waals surface area contributed by atoms with Crippen LogP contribution >= 0.6 is 0 Å². The number of hydrogen-bond donors (Lipinski definition) is 2. The van der Waals surface area contributed by atoms with Gasteiger partial charge >= 0.3 is 0 Å². The highest BCUT2D eigenvalue weighted by Crippen LogP contribution is 2.40. The molecule has 0 fully saturated rings. The van der Waals surface area contributed by atoms with Crippen molar-refractivity contribution >= 4 is 11.6 Å². The molecular weight excluding hydrogens is 374 g/mol. The summed E-state index contributed by atoms with van der Waals surface area (Å²) in [4.78, 5) is 12.7. The normalized spacial score (nSPS) is 13.4. The third kappa shape index (κ3) is 4.89. The number of anilines is 1. The first-order chi connectivity index (χ1) is 14.3. The number of hydrogen-bond acceptors (Lipinski definition) is 3. The Labute approximate surface area is 178 Å². The third-order valence-corrected chi connectivity index (χ3v) is 5.16. The maximum absolute atomic E-state index is 12.7. The van der Waals surface area contributed by atoms with E-state index in [1.165, 1.54) is 0 Å². The summed E-state index contributed by atoms with van der Waals surface area (Å²) in [6.07, 6.45) is -0.800. The number of para-hydroxylation sites is 1. The quantitative estimate of drug-likeness (QED) is 0.568. The molecule has 0 aliphatic heterocycles. The van der Waals surface area contributed by atoms with Crippen LogP contribution in [0.1, 0.15) is 49.5 Å². The van der Waals surface area contributed by atoms with E-state index >= 15 is 0 Å². The highest BCUT2D eigenvalue weighted by Gasteiger charge is 2.28. The van der Waals surface area contributed by atoms with Crippen LogP contribution in [0.25, 0.3) is 0 Å². The fourth-order valence-electron chi connectivity index (χ4n) is 3.38. The standard InChI is InChI=1S/C26H29NO3/c1-26(2,3)25(29)27-22-13-9-8-12-21(22)23(18-10-6-5-7-11-18)24(28)19-14-16-20(30-4)17-15-19/h5-17,23-24,28H,1-4H3,(H,27,29)/t23-,24-/m1/s1. The number of methoxy groups -OCH3 is 1. The molecular formula is C26H29NO3. The molecule has 0 bridgehead atoms. The van der Waals surface area contributed by atoms with Crippen LogP contribution in [-0.4, -0.2) is 18.1 Å². The first-order valence-electron chi connectivity index (χ1n) is 10.1. The molecule has 156 valence electrons. The van der Waals surface area contributed by atoms with Crippen molar-refractivity contribution in [3.8, 4) is 5.75 Å². The first-order valence-corrected chi connectivity index (χ1v) is 10.1. The molecule has 2 N–H and O–H groups in total. The van der Waals surface area contributed by atoms with Gasteiger partial charge in [0, 0.05) is 17.0 Å². The van der Waals surface area contributed by atoms with E-state index in [0.717, 1.165) is 22.4 Å². The third-order valence-electron chi connectivity index (χ3n) is 5.16. The Bertz CT molecular complexity index is 975. The average molecular weight is 404 g/mol. The van der Waals surface area contributed by atoms with E-state index in [-0.39, 0.29) is 11.8 Å². The van der Waals surface area contributed by atoms with Gasteiger partial charge in [0.1, 0.15) is 5.75 Å². The Kier molecular flexibility index (Phi) is 6.58. The molecule has 0 radical (unpaired) electrons. The van der Waals surface area contributed by atoms with E-state index in [2.05, 4.69) is 5.32 Å². The number of amides is 1. The molecule has 0 spiro atoms. The van der Waals surface area contributed by atoms with Crippen molar-refractivity contribution in [1.82, 2.24) is 0 Å². The molecule has 4 nitrogen and oxygen atoms in total. The van der Waals surface area contributed by atoms with E-state index < -0.39 is 11.5 Å². The molecule has 0 saturated heterocycles. The number of aliphatic hydroxyl groups is 1. The summed E-state index contributed by atoms with van der Waals surface area (Å²) in [6, 6.07) is 25.0. The van der Waals surface area contributed by atoms with E-state index in [0.29, 0.717) is 5.69 Å². The van der Waals surface area contributed by atoms with Gasteiger partial charge in [0.15, 0.2) is 0 Å². The molecule has 3 rings (SSSR count). The monoisotopic (exact) mass is 403 g/mol. The number of rotatable bonds is 6. The Balaban J connectivity index is 2.07. The molecule has 4 heteroatoms. The van der Waals surface area contributed by atoms with Crippen LogP contribution < -0.4 is 10.1 Å². The molecule has 3 aromatic rings. The van der Waals surface area contributed by atoms with Crippen LogP contribution in [-0.2, 0) is 4.79 Å². The Morgan fingerprint density at radius 2 is 1.47 bits per heavy atom. The number of ether oxygens (including phenoxy) is 1. The van der Waals surface area contributed by atoms with Crippen molar-refractivity contribution in [2.24, 2.45) is 5.41 Å². The minimum Gasteiger partial charge on any atom is -0.497 e. The lowest BCUT2D eigenvalue weighted by molar-refractivity contribution is -0.123. The Morgan fingerprint density at radius 3 is 2.07 bits per heavy atom. The van der Waals surface area contributed by atoms with Gasteiger partial charge in [0.25, 0.3) is 0 Å². The minimum atomic E-state index is -0.800. The van der Waals surface area contributed by atoms with Crippen molar-refractivity contribution in [2.75, 3.05) is 12.4 Å². The molecule has 0 aliphatic carbocycles. The van der Waals surface area contributed by atoms with Gasteiger partial charge in [-0.3, -0.25) is 4.79 Å². The largest absolute Gasteiger partial charge is 0.497 e. The zero-order valence-electron chi connectivity index (χ0n) is 17.9. The van der Waals surface area contributed by atoms with Gasteiger partial charge in [-0.05, 0) is 34.9 Å². The van der Waals surface area contributed by atoms with E-state index in [9.17, 15) is 9.90 Å². The van der Waals surface area contributed by atoms with Crippen LogP contribution in [0.5, 0.6) is 5.75 Å². The lowest BCUT2D eigenvalue weighted by Gasteiger charge is -2.28. The molecule has 30 heavy (non-hydrogen) atoms. The summed E-state index contributed by atoms with van der Waals surface area (Å²) in [7, 11) is 1.62. The second-order valence-electron chi connectivity index (χ2n) is 8.40. The second-order valence-corrected chi connectivity index (χ2v) is 8.40. The van der Waals surface area contributed by atoms with E-state index in [1.54, 1.807) is 7.11 Å². The number of carbonyl (C=O) groups is 1. The zero-order chi connectivity index (χ0) is 21.7. The summed E-state index contributed by atoms with van der Waals surface area (Å²) < 4.78 is 5.24. The van der Waals surface area contributed by atoms with Gasteiger partial charge in [0.2, 0.25) is 5.91 Å². The van der Waals surface area contributed by atoms with Gasteiger partial charge in [-0.1, -0.05) is 81.4 Å². The van der Waals surface area contributed by atoms with Gasteiger partial charge in [-0.2, -0.15) is 0 Å². The number of carbonyl (C=O) groups excluding carboxylic acids is 1. The summed E-state index contributed by atoms with van der Waals surface area (Å²) in [6.45, 7) is 5.64. The Hall–Kier alpha value is -3.11. The van der Waals surface area contributed by atoms with Crippen LogP contribution in [0.2, 0.25) is 0 Å². The number of benzene rings is 3. The lowest BCUT2D eigenvalue weighted by atomic mass is 9.82. The van der Waals surface area contributed by atoms with Crippen molar-refractivity contribution in [3.05, 3.63) is 95.6 Å². The molecule has 0 aliphatic rings. The summed E-state index contributed by atoms with van der Waals surface area (Å²) in [5.74, 6) is 0.316. The predicted octanol–water partition coefficient (Wildman–Crippen LogP) is 5.55. The van der Waals surface area contributed by atoms with Crippen LogP contribution in [0.4, 0.5) is 5.69 Å². The smallest absolute Gasteiger partial charge is 0.229 e. The van der Waals surface area contributed by atoms with Crippen LogP contribution in [0.3, 0.4) is 0 Å².